The van der Waals surface area contributed by atoms with E-state index in [4.69, 9.17) is 34.8 Å². The highest BCUT2D eigenvalue weighted by Gasteiger charge is 2.16. The Morgan fingerprint density at radius 2 is 1.97 bits per heavy atom. The Morgan fingerprint density at radius 3 is 2.66 bits per heavy atom. The molecule has 0 unspecified atom stereocenters. The average Bonchev–Trinajstić information content (AvgIpc) is 3.07. The van der Waals surface area contributed by atoms with Crippen LogP contribution in [0, 0.1) is 6.92 Å². The number of aromatic nitrogens is 3. The average molecular weight is 468 g/mol. The monoisotopic (exact) mass is 466 g/mol. The van der Waals surface area contributed by atoms with Crippen molar-refractivity contribution in [2.75, 3.05) is 11.1 Å². The van der Waals surface area contributed by atoms with Gasteiger partial charge in [0.25, 0.3) is 0 Å². The van der Waals surface area contributed by atoms with E-state index in [0.717, 1.165) is 16.8 Å². The Balaban J connectivity index is 1.75. The number of hydrogen-bond acceptors (Lipinski definition) is 4. The zero-order chi connectivity index (χ0) is 21.0. The second kappa shape index (κ2) is 9.67. The lowest BCUT2D eigenvalue weighted by atomic mass is 10.2. The first-order valence-corrected chi connectivity index (χ1v) is 10.7. The lowest BCUT2D eigenvalue weighted by Crippen LogP contribution is -2.15. The number of amides is 1. The van der Waals surface area contributed by atoms with Gasteiger partial charge < -0.3 is 5.32 Å². The van der Waals surface area contributed by atoms with Crippen LogP contribution in [0.5, 0.6) is 0 Å². The minimum Gasteiger partial charge on any atom is -0.325 e. The molecule has 29 heavy (non-hydrogen) atoms. The number of halogens is 3. The van der Waals surface area contributed by atoms with E-state index in [1.54, 1.807) is 36.4 Å². The van der Waals surface area contributed by atoms with Gasteiger partial charge in [0.2, 0.25) is 5.91 Å². The minimum absolute atomic E-state index is 0.148. The van der Waals surface area contributed by atoms with E-state index in [1.807, 2.05) is 17.6 Å². The number of thioether (sulfide) groups is 1. The molecule has 3 rings (SSSR count). The highest BCUT2D eigenvalue weighted by atomic mass is 35.5. The molecule has 1 amide bonds. The summed E-state index contributed by atoms with van der Waals surface area (Å²) in [7, 11) is 0. The zero-order valence-electron chi connectivity index (χ0n) is 15.5. The summed E-state index contributed by atoms with van der Waals surface area (Å²) in [5, 5.41) is 13.5. The van der Waals surface area contributed by atoms with E-state index in [0.29, 0.717) is 32.6 Å². The van der Waals surface area contributed by atoms with Gasteiger partial charge >= 0.3 is 0 Å². The molecule has 0 atom stereocenters. The Kier molecular flexibility index (Phi) is 7.24. The molecule has 9 heteroatoms. The van der Waals surface area contributed by atoms with Crippen molar-refractivity contribution in [1.29, 1.82) is 0 Å². The topological polar surface area (TPSA) is 59.8 Å². The van der Waals surface area contributed by atoms with E-state index < -0.39 is 0 Å². The van der Waals surface area contributed by atoms with Crippen molar-refractivity contribution >= 4 is 58.2 Å². The number of benzene rings is 2. The summed E-state index contributed by atoms with van der Waals surface area (Å²) >= 11 is 19.4. The van der Waals surface area contributed by atoms with Crippen molar-refractivity contribution in [2.24, 2.45) is 0 Å². The molecule has 150 valence electrons. The first-order valence-electron chi connectivity index (χ1n) is 8.57. The van der Waals surface area contributed by atoms with Gasteiger partial charge in [0.15, 0.2) is 11.0 Å². The molecule has 3 aromatic rings. The molecule has 0 aliphatic carbocycles. The van der Waals surface area contributed by atoms with Gasteiger partial charge in [0.1, 0.15) is 0 Å². The Morgan fingerprint density at radius 1 is 1.17 bits per heavy atom. The maximum Gasteiger partial charge on any atom is 0.234 e. The van der Waals surface area contributed by atoms with Crippen LogP contribution in [0.4, 0.5) is 5.69 Å². The second-order valence-corrected chi connectivity index (χ2v) is 8.32. The Hall–Kier alpha value is -1.99. The van der Waals surface area contributed by atoms with Crippen molar-refractivity contribution in [3.05, 3.63) is 69.7 Å². The summed E-state index contributed by atoms with van der Waals surface area (Å²) < 4.78 is 1.87. The van der Waals surface area contributed by atoms with E-state index in [9.17, 15) is 4.79 Å². The van der Waals surface area contributed by atoms with Crippen LogP contribution >= 0.6 is 46.6 Å². The van der Waals surface area contributed by atoms with Crippen LogP contribution < -0.4 is 5.32 Å². The molecule has 5 nitrogen and oxygen atoms in total. The van der Waals surface area contributed by atoms with E-state index >= 15 is 0 Å². The largest absolute Gasteiger partial charge is 0.325 e. The molecule has 0 aliphatic rings. The first kappa shape index (κ1) is 21.7. The third-order valence-corrected chi connectivity index (χ3v) is 5.94. The number of nitrogens with zero attached hydrogens (tertiary/aromatic N) is 3. The number of rotatable bonds is 7. The fourth-order valence-electron chi connectivity index (χ4n) is 2.62. The van der Waals surface area contributed by atoms with Crippen LogP contribution in [0.25, 0.3) is 11.4 Å². The normalized spacial score (nSPS) is 10.8. The molecule has 2 aromatic carbocycles. The predicted molar refractivity (Wildman–Crippen MR) is 121 cm³/mol. The lowest BCUT2D eigenvalue weighted by Gasteiger charge is -2.10. The number of carbonyl (C=O) groups is 1. The SMILES string of the molecule is C=CCn1c(SCC(=O)Nc2ccc(Cl)cc2C)nnc1-c1ccc(Cl)c(Cl)c1. The summed E-state index contributed by atoms with van der Waals surface area (Å²) in [6, 6.07) is 10.6. The molecule has 0 aliphatic heterocycles. The fourth-order valence-corrected chi connectivity index (χ4v) is 3.89. The summed E-state index contributed by atoms with van der Waals surface area (Å²) in [6.45, 7) is 6.16. The summed E-state index contributed by atoms with van der Waals surface area (Å²) in [5.74, 6) is 0.656. The van der Waals surface area contributed by atoms with E-state index in [-0.39, 0.29) is 11.7 Å². The Labute approximate surface area is 188 Å². The fraction of sp³-hybridized carbons (Fsp3) is 0.150. The van der Waals surface area contributed by atoms with Crippen molar-refractivity contribution in [3.63, 3.8) is 0 Å². The number of allylic oxidation sites excluding steroid dienone is 1. The maximum absolute atomic E-state index is 12.4. The van der Waals surface area contributed by atoms with Gasteiger partial charge in [-0.15, -0.1) is 16.8 Å². The highest BCUT2D eigenvalue weighted by molar-refractivity contribution is 7.99. The molecule has 1 aromatic heterocycles. The molecule has 1 N–H and O–H groups in total. The maximum atomic E-state index is 12.4. The molecule has 0 radical (unpaired) electrons. The third kappa shape index (κ3) is 5.34. The third-order valence-electron chi connectivity index (χ3n) is 4.00. The van der Waals surface area contributed by atoms with E-state index in [2.05, 4.69) is 22.1 Å². The quantitative estimate of drug-likeness (QED) is 0.335. The van der Waals surface area contributed by atoms with Gasteiger partial charge in [-0.1, -0.05) is 52.6 Å². The van der Waals surface area contributed by atoms with Crippen molar-refractivity contribution in [1.82, 2.24) is 14.8 Å². The summed E-state index contributed by atoms with van der Waals surface area (Å²) in [5.41, 5.74) is 2.40. The van der Waals surface area contributed by atoms with Gasteiger partial charge in [-0.25, -0.2) is 0 Å². The van der Waals surface area contributed by atoms with Crippen LogP contribution in [-0.2, 0) is 11.3 Å². The smallest absolute Gasteiger partial charge is 0.234 e. The van der Waals surface area contributed by atoms with Gasteiger partial charge in [-0.2, -0.15) is 0 Å². The summed E-state index contributed by atoms with van der Waals surface area (Å²) in [4.78, 5) is 12.4. The molecular formula is C20H17Cl3N4OS. The van der Waals surface area contributed by atoms with Crippen LogP contribution in [0.2, 0.25) is 15.1 Å². The lowest BCUT2D eigenvalue weighted by molar-refractivity contribution is -0.113. The number of aryl methyl sites for hydroxylation is 1. The van der Waals surface area contributed by atoms with Crippen molar-refractivity contribution in [2.45, 2.75) is 18.6 Å². The zero-order valence-corrected chi connectivity index (χ0v) is 18.5. The van der Waals surface area contributed by atoms with Crippen molar-refractivity contribution in [3.8, 4) is 11.4 Å². The number of hydrogen-bond donors (Lipinski definition) is 1. The molecule has 0 bridgehead atoms. The van der Waals surface area contributed by atoms with Crippen LogP contribution in [0.15, 0.2) is 54.2 Å². The Bertz CT molecular complexity index is 1070. The van der Waals surface area contributed by atoms with Crippen LogP contribution in [-0.4, -0.2) is 26.4 Å². The van der Waals surface area contributed by atoms with Crippen LogP contribution in [0.3, 0.4) is 0 Å². The predicted octanol–water partition coefficient (Wildman–Crippen LogP) is 6.13. The van der Waals surface area contributed by atoms with Gasteiger partial charge in [0, 0.05) is 22.8 Å². The summed E-state index contributed by atoms with van der Waals surface area (Å²) in [6.07, 6.45) is 1.74. The molecule has 0 saturated carbocycles. The van der Waals surface area contributed by atoms with E-state index in [1.165, 1.54) is 11.8 Å². The molecule has 0 spiro atoms. The second-order valence-electron chi connectivity index (χ2n) is 6.13. The van der Waals surface area contributed by atoms with Gasteiger partial charge in [-0.3, -0.25) is 9.36 Å². The molecule has 0 saturated heterocycles. The van der Waals surface area contributed by atoms with Crippen molar-refractivity contribution < 1.29 is 4.79 Å². The van der Waals surface area contributed by atoms with Gasteiger partial charge in [0.05, 0.1) is 15.8 Å². The number of carbonyl (C=O) groups excluding carboxylic acids is 1. The highest BCUT2D eigenvalue weighted by Crippen LogP contribution is 2.30. The minimum atomic E-state index is -0.148. The molecule has 0 fully saturated rings. The van der Waals surface area contributed by atoms with Gasteiger partial charge in [-0.05, 0) is 48.9 Å². The standard InChI is InChI=1S/C20H17Cl3N4OS/c1-3-8-27-19(13-4-6-15(22)16(23)10-13)25-26-20(27)29-11-18(28)24-17-7-5-14(21)9-12(17)2/h3-7,9-10H,1,8,11H2,2H3,(H,24,28). The number of anilines is 1. The molecule has 1 heterocycles. The first-order chi connectivity index (χ1) is 13.9. The number of nitrogens with one attached hydrogen (secondary N) is 1. The van der Waals surface area contributed by atoms with Crippen LogP contribution in [0.1, 0.15) is 5.56 Å². The molecular weight excluding hydrogens is 451 g/mol.